The molecule has 5 nitrogen and oxygen atoms in total. The van der Waals surface area contributed by atoms with Crippen LogP contribution in [0.25, 0.3) is 0 Å². The molecule has 1 aromatic carbocycles. The SMILES string of the molecule is Cl.N[C@@H]1CCC[C@H]1CC(=O)Nc1ccc(C(=O)NC2CCCCC2)cc1. The minimum atomic E-state index is -0.0262. The molecule has 0 aromatic heterocycles. The number of rotatable bonds is 5. The van der Waals surface area contributed by atoms with Crippen LogP contribution >= 0.6 is 12.4 Å². The van der Waals surface area contributed by atoms with E-state index < -0.39 is 0 Å². The van der Waals surface area contributed by atoms with Gasteiger partial charge in [0.2, 0.25) is 5.91 Å². The minimum absolute atomic E-state index is 0. The molecule has 1 aromatic rings. The van der Waals surface area contributed by atoms with Crippen LogP contribution in [0.2, 0.25) is 0 Å². The minimum Gasteiger partial charge on any atom is -0.349 e. The summed E-state index contributed by atoms with van der Waals surface area (Å²) in [6.45, 7) is 0. The van der Waals surface area contributed by atoms with E-state index in [1.54, 1.807) is 24.3 Å². The fraction of sp³-hybridized carbons (Fsp3) is 0.600. The molecule has 0 heterocycles. The lowest BCUT2D eigenvalue weighted by Gasteiger charge is -2.22. The zero-order valence-corrected chi connectivity index (χ0v) is 16.0. The van der Waals surface area contributed by atoms with E-state index in [1.165, 1.54) is 19.3 Å². The highest BCUT2D eigenvalue weighted by Gasteiger charge is 2.26. The highest BCUT2D eigenvalue weighted by atomic mass is 35.5. The second-order valence-electron chi connectivity index (χ2n) is 7.49. The van der Waals surface area contributed by atoms with E-state index >= 15 is 0 Å². The molecule has 0 aliphatic heterocycles. The zero-order valence-electron chi connectivity index (χ0n) is 15.2. The number of hydrogen-bond acceptors (Lipinski definition) is 3. The Hall–Kier alpha value is -1.59. The summed E-state index contributed by atoms with van der Waals surface area (Å²) in [6.07, 6.45) is 9.45. The van der Waals surface area contributed by atoms with Crippen molar-refractivity contribution in [2.24, 2.45) is 11.7 Å². The number of halogens is 1. The predicted molar refractivity (Wildman–Crippen MR) is 107 cm³/mol. The summed E-state index contributed by atoms with van der Waals surface area (Å²) in [7, 11) is 0. The van der Waals surface area contributed by atoms with Gasteiger partial charge in [-0.2, -0.15) is 0 Å². The molecule has 0 saturated heterocycles. The Morgan fingerprint density at radius 3 is 2.27 bits per heavy atom. The Morgan fingerprint density at radius 2 is 1.65 bits per heavy atom. The number of nitrogens with two attached hydrogens (primary N) is 1. The standard InChI is InChI=1S/C20H29N3O2.ClH/c21-18-8-4-5-15(18)13-19(24)22-17-11-9-14(10-12-17)20(25)23-16-6-2-1-3-7-16;/h9-12,15-16,18H,1-8,13,21H2,(H,22,24)(H,23,25);1H/t15-,18+;/m0./s1. The maximum absolute atomic E-state index is 12.3. The van der Waals surface area contributed by atoms with E-state index in [1.807, 2.05) is 0 Å². The third-order valence-corrected chi connectivity index (χ3v) is 5.54. The molecule has 6 heteroatoms. The Bertz CT molecular complexity index is 600. The largest absolute Gasteiger partial charge is 0.349 e. The maximum atomic E-state index is 12.3. The molecule has 2 aliphatic rings. The van der Waals surface area contributed by atoms with Crippen LogP contribution in [0.1, 0.15) is 68.1 Å². The van der Waals surface area contributed by atoms with Gasteiger partial charge in [0, 0.05) is 29.8 Å². The molecule has 2 atom stereocenters. The van der Waals surface area contributed by atoms with Gasteiger partial charge >= 0.3 is 0 Å². The molecular weight excluding hydrogens is 350 g/mol. The molecule has 144 valence electrons. The van der Waals surface area contributed by atoms with E-state index in [2.05, 4.69) is 10.6 Å². The molecule has 2 saturated carbocycles. The second-order valence-corrected chi connectivity index (χ2v) is 7.49. The average molecular weight is 380 g/mol. The highest BCUT2D eigenvalue weighted by Crippen LogP contribution is 2.27. The smallest absolute Gasteiger partial charge is 0.251 e. The number of benzene rings is 1. The van der Waals surface area contributed by atoms with Gasteiger partial charge in [-0.05, 0) is 55.9 Å². The summed E-state index contributed by atoms with van der Waals surface area (Å²) in [5, 5.41) is 6.02. The fourth-order valence-electron chi connectivity index (χ4n) is 3.99. The van der Waals surface area contributed by atoms with Crippen molar-refractivity contribution in [1.29, 1.82) is 0 Å². The molecule has 0 unspecified atom stereocenters. The van der Waals surface area contributed by atoms with Gasteiger partial charge in [-0.15, -0.1) is 12.4 Å². The summed E-state index contributed by atoms with van der Waals surface area (Å²) in [4.78, 5) is 24.4. The van der Waals surface area contributed by atoms with Crippen LogP contribution in [0, 0.1) is 5.92 Å². The van der Waals surface area contributed by atoms with Crippen molar-refractivity contribution in [2.45, 2.75) is 69.9 Å². The van der Waals surface area contributed by atoms with E-state index in [-0.39, 0.29) is 30.3 Å². The van der Waals surface area contributed by atoms with Crippen LogP contribution in [-0.2, 0) is 4.79 Å². The van der Waals surface area contributed by atoms with Crippen molar-refractivity contribution in [1.82, 2.24) is 5.32 Å². The fourth-order valence-corrected chi connectivity index (χ4v) is 3.99. The number of hydrogen-bond donors (Lipinski definition) is 3. The number of amides is 2. The van der Waals surface area contributed by atoms with Crippen molar-refractivity contribution >= 4 is 29.9 Å². The highest BCUT2D eigenvalue weighted by molar-refractivity contribution is 5.96. The first-order valence-corrected chi connectivity index (χ1v) is 9.58. The molecule has 3 rings (SSSR count). The van der Waals surface area contributed by atoms with E-state index in [0.29, 0.717) is 23.9 Å². The van der Waals surface area contributed by atoms with Gasteiger partial charge in [-0.25, -0.2) is 0 Å². The molecule has 2 amide bonds. The molecule has 0 radical (unpaired) electrons. The van der Waals surface area contributed by atoms with Gasteiger partial charge in [-0.1, -0.05) is 25.7 Å². The molecule has 26 heavy (non-hydrogen) atoms. The third kappa shape index (κ3) is 5.71. The number of carbonyl (C=O) groups excluding carboxylic acids is 2. The predicted octanol–water partition coefficient (Wildman–Crippen LogP) is 3.63. The maximum Gasteiger partial charge on any atom is 0.251 e. The van der Waals surface area contributed by atoms with Gasteiger partial charge in [0.1, 0.15) is 0 Å². The van der Waals surface area contributed by atoms with Gasteiger partial charge in [0.25, 0.3) is 5.91 Å². The first kappa shape index (κ1) is 20.7. The van der Waals surface area contributed by atoms with Crippen LogP contribution in [-0.4, -0.2) is 23.9 Å². The summed E-state index contributed by atoms with van der Waals surface area (Å²) in [6, 6.07) is 7.59. The molecular formula is C20H30ClN3O2. The Morgan fingerprint density at radius 1 is 0.962 bits per heavy atom. The average Bonchev–Trinajstić information content (AvgIpc) is 3.01. The number of nitrogens with one attached hydrogen (secondary N) is 2. The first-order valence-electron chi connectivity index (χ1n) is 9.58. The van der Waals surface area contributed by atoms with Crippen molar-refractivity contribution in [3.8, 4) is 0 Å². The number of carbonyl (C=O) groups is 2. The van der Waals surface area contributed by atoms with Gasteiger partial charge < -0.3 is 16.4 Å². The van der Waals surface area contributed by atoms with Crippen molar-refractivity contribution in [2.75, 3.05) is 5.32 Å². The lowest BCUT2D eigenvalue weighted by Crippen LogP contribution is -2.36. The normalized spacial score (nSPS) is 23.1. The van der Waals surface area contributed by atoms with Gasteiger partial charge in [0.05, 0.1) is 0 Å². The molecule has 2 aliphatic carbocycles. The van der Waals surface area contributed by atoms with Gasteiger partial charge in [0.15, 0.2) is 0 Å². The van der Waals surface area contributed by atoms with E-state index in [9.17, 15) is 9.59 Å². The summed E-state index contributed by atoms with van der Waals surface area (Å²) in [5.74, 6) is 0.268. The van der Waals surface area contributed by atoms with Crippen molar-refractivity contribution in [3.63, 3.8) is 0 Å². The summed E-state index contributed by atoms with van der Waals surface area (Å²) in [5.41, 5.74) is 7.39. The molecule has 0 spiro atoms. The monoisotopic (exact) mass is 379 g/mol. The van der Waals surface area contributed by atoms with Gasteiger partial charge in [-0.3, -0.25) is 9.59 Å². The van der Waals surface area contributed by atoms with Crippen LogP contribution in [0.15, 0.2) is 24.3 Å². The Balaban J connectivity index is 0.00000243. The van der Waals surface area contributed by atoms with Crippen molar-refractivity contribution in [3.05, 3.63) is 29.8 Å². The van der Waals surface area contributed by atoms with Crippen LogP contribution in [0.3, 0.4) is 0 Å². The molecule has 0 bridgehead atoms. The van der Waals surface area contributed by atoms with Crippen LogP contribution in [0.4, 0.5) is 5.69 Å². The lowest BCUT2D eigenvalue weighted by molar-refractivity contribution is -0.117. The zero-order chi connectivity index (χ0) is 17.6. The quantitative estimate of drug-likeness (QED) is 0.730. The van der Waals surface area contributed by atoms with Crippen molar-refractivity contribution < 1.29 is 9.59 Å². The van der Waals surface area contributed by atoms with Crippen LogP contribution < -0.4 is 16.4 Å². The molecule has 2 fully saturated rings. The Labute approximate surface area is 161 Å². The van der Waals surface area contributed by atoms with E-state index in [4.69, 9.17) is 5.73 Å². The van der Waals surface area contributed by atoms with E-state index in [0.717, 1.165) is 37.8 Å². The summed E-state index contributed by atoms with van der Waals surface area (Å²) < 4.78 is 0. The lowest BCUT2D eigenvalue weighted by atomic mass is 9.95. The third-order valence-electron chi connectivity index (χ3n) is 5.54. The summed E-state index contributed by atoms with van der Waals surface area (Å²) >= 11 is 0. The Kier molecular flexibility index (Phi) is 7.91. The number of anilines is 1. The second kappa shape index (κ2) is 9.93. The topological polar surface area (TPSA) is 84.2 Å². The first-order chi connectivity index (χ1) is 12.1. The van der Waals surface area contributed by atoms with Crippen LogP contribution in [0.5, 0.6) is 0 Å². The molecule has 4 N–H and O–H groups in total.